The standard InChI is InChI=1S/C16H16BrN3O2S/c1-9-5-12(17)3-4-13(9)19-14(21)11-7-20-15(22)10(2)6-18-16(20)23-8-11/h3-6,11H,7-8H2,1-2H3,(H,19,21). The minimum Gasteiger partial charge on any atom is -0.326 e. The number of rotatable bonds is 2. The second-order valence-corrected chi connectivity index (χ2v) is 7.50. The number of anilines is 1. The van der Waals surface area contributed by atoms with E-state index in [1.807, 2.05) is 25.1 Å². The topological polar surface area (TPSA) is 64.0 Å². The van der Waals surface area contributed by atoms with Gasteiger partial charge in [-0.05, 0) is 37.6 Å². The second-order valence-electron chi connectivity index (χ2n) is 5.60. The van der Waals surface area contributed by atoms with E-state index in [4.69, 9.17) is 0 Å². The third-order valence-corrected chi connectivity index (χ3v) is 5.46. The highest BCUT2D eigenvalue weighted by molar-refractivity contribution is 9.10. The lowest BCUT2D eigenvalue weighted by Crippen LogP contribution is -2.37. The molecular weight excluding hydrogens is 378 g/mol. The molecule has 1 aliphatic rings. The van der Waals surface area contributed by atoms with E-state index in [9.17, 15) is 9.59 Å². The van der Waals surface area contributed by atoms with Gasteiger partial charge in [0.05, 0.1) is 5.92 Å². The van der Waals surface area contributed by atoms with E-state index in [0.717, 1.165) is 15.7 Å². The van der Waals surface area contributed by atoms with E-state index in [1.54, 1.807) is 17.7 Å². The molecular formula is C16H16BrN3O2S. The molecule has 5 nitrogen and oxygen atoms in total. The number of nitrogens with one attached hydrogen (secondary N) is 1. The largest absolute Gasteiger partial charge is 0.326 e. The van der Waals surface area contributed by atoms with Crippen molar-refractivity contribution < 1.29 is 4.79 Å². The zero-order valence-electron chi connectivity index (χ0n) is 12.8. The summed E-state index contributed by atoms with van der Waals surface area (Å²) >= 11 is 4.86. The summed E-state index contributed by atoms with van der Waals surface area (Å²) in [4.78, 5) is 29.0. The number of amides is 1. The fourth-order valence-electron chi connectivity index (χ4n) is 2.46. The van der Waals surface area contributed by atoms with Crippen LogP contribution < -0.4 is 10.9 Å². The van der Waals surface area contributed by atoms with Gasteiger partial charge in [0.1, 0.15) is 0 Å². The molecule has 3 rings (SSSR count). The normalized spacial score (nSPS) is 16.7. The number of hydrogen-bond donors (Lipinski definition) is 1. The molecule has 0 radical (unpaired) electrons. The van der Waals surface area contributed by atoms with Crippen molar-refractivity contribution in [1.29, 1.82) is 0 Å². The van der Waals surface area contributed by atoms with Gasteiger partial charge in [-0.15, -0.1) is 0 Å². The summed E-state index contributed by atoms with van der Waals surface area (Å²) < 4.78 is 2.57. The smallest absolute Gasteiger partial charge is 0.257 e. The van der Waals surface area contributed by atoms with E-state index >= 15 is 0 Å². The highest BCUT2D eigenvalue weighted by Crippen LogP contribution is 2.27. The van der Waals surface area contributed by atoms with Crippen LogP contribution in [0.2, 0.25) is 0 Å². The maximum Gasteiger partial charge on any atom is 0.257 e. The van der Waals surface area contributed by atoms with Crippen molar-refractivity contribution in [3.63, 3.8) is 0 Å². The van der Waals surface area contributed by atoms with Gasteiger partial charge < -0.3 is 5.32 Å². The maximum atomic E-state index is 12.5. The molecule has 23 heavy (non-hydrogen) atoms. The quantitative estimate of drug-likeness (QED) is 0.796. The van der Waals surface area contributed by atoms with E-state index < -0.39 is 0 Å². The number of benzene rings is 1. The van der Waals surface area contributed by atoms with E-state index in [0.29, 0.717) is 23.0 Å². The van der Waals surface area contributed by atoms with E-state index in [1.165, 1.54) is 11.8 Å². The molecule has 1 aromatic heterocycles. The van der Waals surface area contributed by atoms with E-state index in [-0.39, 0.29) is 17.4 Å². The van der Waals surface area contributed by atoms with Crippen LogP contribution in [0.25, 0.3) is 0 Å². The zero-order chi connectivity index (χ0) is 16.6. The highest BCUT2D eigenvalue weighted by atomic mass is 79.9. The molecule has 1 atom stereocenters. The molecule has 2 aromatic rings. The van der Waals surface area contributed by atoms with Gasteiger partial charge in [0, 0.05) is 34.2 Å². The summed E-state index contributed by atoms with van der Waals surface area (Å²) in [6.45, 7) is 4.06. The molecule has 1 N–H and O–H groups in total. The molecule has 0 spiro atoms. The van der Waals surface area contributed by atoms with Crippen LogP contribution in [0.5, 0.6) is 0 Å². The van der Waals surface area contributed by atoms with Gasteiger partial charge >= 0.3 is 0 Å². The Morgan fingerprint density at radius 1 is 1.39 bits per heavy atom. The third-order valence-electron chi connectivity index (χ3n) is 3.82. The molecule has 120 valence electrons. The first-order valence-corrected chi connectivity index (χ1v) is 9.00. The number of carbonyl (C=O) groups excluding carboxylic acids is 1. The van der Waals surface area contributed by atoms with Crippen molar-refractivity contribution in [1.82, 2.24) is 9.55 Å². The number of carbonyl (C=O) groups is 1. The molecule has 1 unspecified atom stereocenters. The lowest BCUT2D eigenvalue weighted by atomic mass is 10.1. The average Bonchev–Trinajstić information content (AvgIpc) is 2.53. The van der Waals surface area contributed by atoms with Crippen LogP contribution in [0.4, 0.5) is 5.69 Å². The van der Waals surface area contributed by atoms with Gasteiger partial charge in [0.25, 0.3) is 5.56 Å². The average molecular weight is 394 g/mol. The van der Waals surface area contributed by atoms with Crippen LogP contribution in [-0.2, 0) is 11.3 Å². The Morgan fingerprint density at radius 2 is 2.17 bits per heavy atom. The van der Waals surface area contributed by atoms with Gasteiger partial charge in [-0.1, -0.05) is 27.7 Å². The van der Waals surface area contributed by atoms with Gasteiger partial charge in [-0.3, -0.25) is 14.2 Å². The summed E-state index contributed by atoms with van der Waals surface area (Å²) in [7, 11) is 0. The van der Waals surface area contributed by atoms with Gasteiger partial charge in [0.15, 0.2) is 5.16 Å². The SMILES string of the molecule is Cc1cc(Br)ccc1NC(=O)C1CSc2ncc(C)c(=O)n2C1. The predicted octanol–water partition coefficient (Wildman–Crippen LogP) is 2.98. The Hall–Kier alpha value is -1.60. The number of fused-ring (bicyclic) bond motifs is 1. The monoisotopic (exact) mass is 393 g/mol. The van der Waals surface area contributed by atoms with Gasteiger partial charge in [0.2, 0.25) is 5.91 Å². The molecule has 0 fully saturated rings. The van der Waals surface area contributed by atoms with Gasteiger partial charge in [-0.25, -0.2) is 4.98 Å². The highest BCUT2D eigenvalue weighted by Gasteiger charge is 2.27. The lowest BCUT2D eigenvalue weighted by molar-refractivity contribution is -0.119. The number of halogens is 1. The molecule has 1 aliphatic heterocycles. The first-order chi connectivity index (χ1) is 11.0. The van der Waals surface area contributed by atoms with Crippen molar-refractivity contribution in [2.45, 2.75) is 25.5 Å². The summed E-state index contributed by atoms with van der Waals surface area (Å²) in [6.07, 6.45) is 1.59. The fraction of sp³-hybridized carbons (Fsp3) is 0.312. The number of aryl methyl sites for hydroxylation is 2. The van der Waals surface area contributed by atoms with Crippen LogP contribution in [0.3, 0.4) is 0 Å². The summed E-state index contributed by atoms with van der Waals surface area (Å²) in [5.74, 6) is 0.301. The summed E-state index contributed by atoms with van der Waals surface area (Å²) in [5, 5.41) is 3.65. The Labute approximate surface area is 146 Å². The predicted molar refractivity (Wildman–Crippen MR) is 95.0 cm³/mol. The van der Waals surface area contributed by atoms with Crippen LogP contribution >= 0.6 is 27.7 Å². The number of thioether (sulfide) groups is 1. The number of hydrogen-bond acceptors (Lipinski definition) is 4. The fourth-order valence-corrected chi connectivity index (χ4v) is 3.98. The molecule has 1 aromatic carbocycles. The third kappa shape index (κ3) is 3.35. The van der Waals surface area contributed by atoms with Gasteiger partial charge in [-0.2, -0.15) is 0 Å². The zero-order valence-corrected chi connectivity index (χ0v) is 15.2. The van der Waals surface area contributed by atoms with Crippen LogP contribution in [0.15, 0.2) is 38.8 Å². The Bertz CT molecular complexity index is 835. The maximum absolute atomic E-state index is 12.5. The second kappa shape index (κ2) is 6.49. The Kier molecular flexibility index (Phi) is 4.59. The molecule has 0 saturated heterocycles. The van der Waals surface area contributed by atoms with Crippen LogP contribution in [-0.4, -0.2) is 21.2 Å². The number of aromatic nitrogens is 2. The van der Waals surface area contributed by atoms with Crippen LogP contribution in [0, 0.1) is 19.8 Å². The first-order valence-electron chi connectivity index (χ1n) is 7.22. The molecule has 7 heteroatoms. The first kappa shape index (κ1) is 16.3. The van der Waals surface area contributed by atoms with Crippen molar-refractivity contribution in [2.75, 3.05) is 11.1 Å². The van der Waals surface area contributed by atoms with Crippen molar-refractivity contribution >= 4 is 39.3 Å². The molecule has 2 heterocycles. The summed E-state index contributed by atoms with van der Waals surface area (Å²) in [5.41, 5.74) is 2.31. The van der Waals surface area contributed by atoms with Crippen molar-refractivity contribution in [3.05, 3.63) is 50.3 Å². The van der Waals surface area contributed by atoms with E-state index in [2.05, 4.69) is 26.2 Å². The van der Waals surface area contributed by atoms with Crippen molar-refractivity contribution in [2.24, 2.45) is 5.92 Å². The molecule has 0 aliphatic carbocycles. The lowest BCUT2D eigenvalue weighted by Gasteiger charge is -2.24. The van der Waals surface area contributed by atoms with Crippen molar-refractivity contribution in [3.8, 4) is 0 Å². The minimum absolute atomic E-state index is 0.0676. The van der Waals surface area contributed by atoms with Crippen LogP contribution in [0.1, 0.15) is 11.1 Å². The number of nitrogens with zero attached hydrogens (tertiary/aromatic N) is 2. The summed E-state index contributed by atoms with van der Waals surface area (Å²) in [6, 6.07) is 5.72. The minimum atomic E-state index is -0.253. The molecule has 0 saturated carbocycles. The Morgan fingerprint density at radius 3 is 2.91 bits per heavy atom. The molecule has 1 amide bonds. The Balaban J connectivity index is 1.79. The molecule has 0 bridgehead atoms.